The van der Waals surface area contributed by atoms with E-state index in [2.05, 4.69) is 0 Å². The number of rotatable bonds is 6. The SMILES string of the molecule is O=C(Cc1ccc([N+](=O)[O-])cc1)Oc1ccc([N+](=O)[O-])cc1[N+](=O)[O-]. The summed E-state index contributed by atoms with van der Waals surface area (Å²) in [6, 6.07) is 7.74. The molecule has 11 nitrogen and oxygen atoms in total. The maximum atomic E-state index is 11.9. The van der Waals surface area contributed by atoms with Crippen LogP contribution in [0, 0.1) is 30.3 Å². The van der Waals surface area contributed by atoms with E-state index in [1.165, 1.54) is 24.3 Å². The van der Waals surface area contributed by atoms with Crippen molar-refractivity contribution in [1.29, 1.82) is 0 Å². The van der Waals surface area contributed by atoms with Crippen molar-refractivity contribution in [1.82, 2.24) is 0 Å². The van der Waals surface area contributed by atoms with Crippen LogP contribution in [0.1, 0.15) is 5.56 Å². The van der Waals surface area contributed by atoms with Gasteiger partial charge in [0.2, 0.25) is 5.75 Å². The Morgan fingerprint density at radius 1 is 0.840 bits per heavy atom. The number of esters is 1. The Morgan fingerprint density at radius 3 is 1.92 bits per heavy atom. The van der Waals surface area contributed by atoms with Gasteiger partial charge in [-0.25, -0.2) is 0 Å². The average Bonchev–Trinajstić information content (AvgIpc) is 2.55. The number of hydrogen-bond acceptors (Lipinski definition) is 8. The molecule has 0 fully saturated rings. The zero-order valence-electron chi connectivity index (χ0n) is 12.4. The van der Waals surface area contributed by atoms with Crippen molar-refractivity contribution in [3.63, 3.8) is 0 Å². The molecule has 0 aliphatic heterocycles. The summed E-state index contributed by atoms with van der Waals surface area (Å²) in [5, 5.41) is 32.2. The van der Waals surface area contributed by atoms with Crippen LogP contribution in [0.2, 0.25) is 0 Å². The molecule has 0 aliphatic rings. The Balaban J connectivity index is 2.15. The number of nitrogens with zero attached hydrogens (tertiary/aromatic N) is 3. The fourth-order valence-electron chi connectivity index (χ4n) is 1.91. The Morgan fingerprint density at radius 2 is 1.40 bits per heavy atom. The highest BCUT2D eigenvalue weighted by molar-refractivity contribution is 5.76. The first-order valence-corrected chi connectivity index (χ1v) is 6.65. The van der Waals surface area contributed by atoms with E-state index in [1.54, 1.807) is 0 Å². The minimum Gasteiger partial charge on any atom is -0.419 e. The lowest BCUT2D eigenvalue weighted by Crippen LogP contribution is -2.12. The molecule has 0 unspecified atom stereocenters. The second-order valence-electron chi connectivity index (χ2n) is 4.74. The fraction of sp³-hybridized carbons (Fsp3) is 0.0714. The van der Waals surface area contributed by atoms with E-state index >= 15 is 0 Å². The predicted octanol–water partition coefficient (Wildman–Crippen LogP) is 2.56. The molecular weight excluding hydrogens is 338 g/mol. The molecular formula is C14H9N3O8. The maximum absolute atomic E-state index is 11.9. The van der Waals surface area contributed by atoms with E-state index in [0.29, 0.717) is 11.6 Å². The molecule has 0 heterocycles. The minimum absolute atomic E-state index is 0.150. The van der Waals surface area contributed by atoms with Crippen LogP contribution < -0.4 is 4.74 Å². The molecule has 0 saturated heterocycles. The van der Waals surface area contributed by atoms with Crippen LogP contribution in [0.5, 0.6) is 5.75 Å². The summed E-state index contributed by atoms with van der Waals surface area (Å²) in [6.45, 7) is 0. The number of nitro groups is 3. The summed E-state index contributed by atoms with van der Waals surface area (Å²) in [5.74, 6) is -1.28. The number of carbonyl (C=O) groups is 1. The first-order chi connectivity index (χ1) is 11.8. The molecule has 0 radical (unpaired) electrons. The summed E-state index contributed by atoms with van der Waals surface area (Å²) in [7, 11) is 0. The molecule has 0 spiro atoms. The average molecular weight is 347 g/mol. The molecule has 0 aromatic heterocycles. The van der Waals surface area contributed by atoms with Crippen molar-refractivity contribution >= 4 is 23.0 Å². The number of non-ortho nitro benzene ring substituents is 2. The number of benzene rings is 2. The van der Waals surface area contributed by atoms with Gasteiger partial charge < -0.3 is 4.74 Å². The van der Waals surface area contributed by atoms with Crippen LogP contribution in [0.15, 0.2) is 42.5 Å². The van der Waals surface area contributed by atoms with Crippen LogP contribution in [0.3, 0.4) is 0 Å². The third-order valence-corrected chi connectivity index (χ3v) is 3.07. The van der Waals surface area contributed by atoms with Crippen molar-refractivity contribution in [2.75, 3.05) is 0 Å². The molecule has 2 aromatic carbocycles. The molecule has 2 rings (SSSR count). The zero-order valence-corrected chi connectivity index (χ0v) is 12.4. The molecule has 11 heteroatoms. The van der Waals surface area contributed by atoms with Crippen molar-refractivity contribution < 1.29 is 24.3 Å². The van der Waals surface area contributed by atoms with Crippen molar-refractivity contribution in [3.8, 4) is 5.75 Å². The Kier molecular flexibility index (Phi) is 4.98. The van der Waals surface area contributed by atoms with E-state index in [0.717, 1.165) is 12.1 Å². The summed E-state index contributed by atoms with van der Waals surface area (Å²) in [4.78, 5) is 41.7. The second-order valence-corrected chi connectivity index (χ2v) is 4.74. The fourth-order valence-corrected chi connectivity index (χ4v) is 1.91. The van der Waals surface area contributed by atoms with Gasteiger partial charge in [0, 0.05) is 18.2 Å². The number of nitro benzene ring substituents is 3. The van der Waals surface area contributed by atoms with Crippen LogP contribution in [-0.4, -0.2) is 20.7 Å². The van der Waals surface area contributed by atoms with Gasteiger partial charge in [-0.2, -0.15) is 0 Å². The normalized spacial score (nSPS) is 10.1. The lowest BCUT2D eigenvalue weighted by Gasteiger charge is -2.05. The molecule has 0 bridgehead atoms. The highest BCUT2D eigenvalue weighted by atomic mass is 16.6. The highest BCUT2D eigenvalue weighted by Gasteiger charge is 2.22. The van der Waals surface area contributed by atoms with Gasteiger partial charge in [0.05, 0.1) is 27.3 Å². The van der Waals surface area contributed by atoms with Gasteiger partial charge >= 0.3 is 11.7 Å². The second kappa shape index (κ2) is 7.12. The molecule has 128 valence electrons. The Hall–Kier alpha value is -3.89. The van der Waals surface area contributed by atoms with E-state index < -0.39 is 37.9 Å². The lowest BCUT2D eigenvalue weighted by molar-refractivity contribution is -0.394. The molecule has 0 aliphatic carbocycles. The summed E-state index contributed by atoms with van der Waals surface area (Å²) >= 11 is 0. The van der Waals surface area contributed by atoms with Gasteiger partial charge in [0.1, 0.15) is 0 Å². The molecule has 2 aromatic rings. The minimum atomic E-state index is -0.901. The molecule has 0 amide bonds. The number of carbonyl (C=O) groups excluding carboxylic acids is 1. The van der Waals surface area contributed by atoms with Crippen LogP contribution >= 0.6 is 0 Å². The zero-order chi connectivity index (χ0) is 18.6. The standard InChI is InChI=1S/C14H9N3O8/c18-14(7-9-1-3-10(4-2-9)15(19)20)25-13-6-5-11(16(21)22)8-12(13)17(23)24/h1-6,8H,7H2. The quantitative estimate of drug-likeness (QED) is 0.334. The summed E-state index contributed by atoms with van der Waals surface area (Å²) in [5.41, 5.74) is -0.976. The third-order valence-electron chi connectivity index (χ3n) is 3.07. The maximum Gasteiger partial charge on any atom is 0.318 e. The number of ether oxygens (including phenoxy) is 1. The van der Waals surface area contributed by atoms with Gasteiger partial charge in [-0.3, -0.25) is 35.1 Å². The Bertz CT molecular complexity index is 863. The van der Waals surface area contributed by atoms with Crippen LogP contribution in [0.25, 0.3) is 0 Å². The highest BCUT2D eigenvalue weighted by Crippen LogP contribution is 2.31. The van der Waals surface area contributed by atoms with Crippen LogP contribution in [-0.2, 0) is 11.2 Å². The van der Waals surface area contributed by atoms with Gasteiger partial charge in [0.25, 0.3) is 11.4 Å². The predicted molar refractivity (Wildman–Crippen MR) is 82.2 cm³/mol. The van der Waals surface area contributed by atoms with Gasteiger partial charge in [-0.1, -0.05) is 12.1 Å². The van der Waals surface area contributed by atoms with Crippen molar-refractivity contribution in [2.45, 2.75) is 6.42 Å². The smallest absolute Gasteiger partial charge is 0.318 e. The number of hydrogen-bond donors (Lipinski definition) is 0. The molecule has 0 atom stereocenters. The van der Waals surface area contributed by atoms with Gasteiger partial charge in [-0.05, 0) is 11.6 Å². The van der Waals surface area contributed by atoms with E-state index in [4.69, 9.17) is 4.74 Å². The first-order valence-electron chi connectivity index (χ1n) is 6.65. The molecule has 0 N–H and O–H groups in total. The van der Waals surface area contributed by atoms with Crippen molar-refractivity contribution in [2.24, 2.45) is 0 Å². The monoisotopic (exact) mass is 347 g/mol. The van der Waals surface area contributed by atoms with Gasteiger partial charge in [0.15, 0.2) is 0 Å². The Labute approximate surface area is 138 Å². The molecule has 25 heavy (non-hydrogen) atoms. The molecule has 0 saturated carbocycles. The summed E-state index contributed by atoms with van der Waals surface area (Å²) in [6.07, 6.45) is -0.286. The van der Waals surface area contributed by atoms with E-state index in [1.807, 2.05) is 0 Å². The van der Waals surface area contributed by atoms with E-state index in [-0.39, 0.29) is 12.1 Å². The van der Waals surface area contributed by atoms with Gasteiger partial charge in [-0.15, -0.1) is 0 Å². The third kappa shape index (κ3) is 4.31. The lowest BCUT2D eigenvalue weighted by atomic mass is 10.1. The van der Waals surface area contributed by atoms with E-state index in [9.17, 15) is 35.1 Å². The van der Waals surface area contributed by atoms with Crippen molar-refractivity contribution in [3.05, 3.63) is 78.4 Å². The largest absolute Gasteiger partial charge is 0.419 e. The van der Waals surface area contributed by atoms with Crippen LogP contribution in [0.4, 0.5) is 17.1 Å². The summed E-state index contributed by atoms with van der Waals surface area (Å²) < 4.78 is 4.89. The first kappa shape index (κ1) is 17.5. The topological polar surface area (TPSA) is 156 Å².